The van der Waals surface area contributed by atoms with Crippen LogP contribution in [0.5, 0.6) is 0 Å². The molecule has 1 aromatic carbocycles. The summed E-state index contributed by atoms with van der Waals surface area (Å²) in [6.07, 6.45) is 3.48. The van der Waals surface area contributed by atoms with Gasteiger partial charge in [-0.2, -0.15) is 10.1 Å². The highest BCUT2D eigenvalue weighted by Gasteiger charge is 2.16. The molecule has 2 N–H and O–H groups in total. The highest BCUT2D eigenvalue weighted by molar-refractivity contribution is 6.30. The van der Waals surface area contributed by atoms with Crippen LogP contribution in [0, 0.1) is 0 Å². The summed E-state index contributed by atoms with van der Waals surface area (Å²) < 4.78 is 12.7. The molecule has 0 bridgehead atoms. The third kappa shape index (κ3) is 6.53. The van der Waals surface area contributed by atoms with E-state index >= 15 is 0 Å². The number of rotatable bonds is 10. The molecule has 2 heterocycles. The largest absolute Gasteiger partial charge is 0.371 e. The molecule has 2 aromatic heterocycles. The Morgan fingerprint density at radius 3 is 2.74 bits per heavy atom. The molecule has 0 aliphatic heterocycles. The Labute approximate surface area is 186 Å². The van der Waals surface area contributed by atoms with E-state index in [0.717, 1.165) is 12.1 Å². The molecule has 0 aliphatic rings. The number of guanidine groups is 1. The Morgan fingerprint density at radius 1 is 1.26 bits per heavy atom. The standard InChI is InChI=1S/C21H28ClN7O2/c1-4-23-21(25-14-19-27-20(28-31-19)15(3)30-5-2)24-13-18(29-12-6-11-26-29)16-7-9-17(22)10-8-16/h6-12,15,18H,4-5,13-14H2,1-3H3,(H2,23,24,25). The quantitative estimate of drug-likeness (QED) is 0.364. The zero-order valence-corrected chi connectivity index (χ0v) is 18.7. The van der Waals surface area contributed by atoms with Crippen molar-refractivity contribution in [2.24, 2.45) is 4.99 Å². The molecular weight excluding hydrogens is 418 g/mol. The first kappa shape index (κ1) is 22.8. The Balaban J connectivity index is 1.68. The molecule has 0 amide bonds. The summed E-state index contributed by atoms with van der Waals surface area (Å²) in [4.78, 5) is 8.93. The van der Waals surface area contributed by atoms with Crippen LogP contribution >= 0.6 is 11.6 Å². The topological polar surface area (TPSA) is 102 Å². The minimum absolute atomic E-state index is 0.0295. The smallest absolute Gasteiger partial charge is 0.248 e. The van der Waals surface area contributed by atoms with Crippen molar-refractivity contribution >= 4 is 17.6 Å². The van der Waals surface area contributed by atoms with Gasteiger partial charge < -0.3 is 19.9 Å². The lowest BCUT2D eigenvalue weighted by atomic mass is 10.1. The van der Waals surface area contributed by atoms with E-state index < -0.39 is 0 Å². The van der Waals surface area contributed by atoms with Gasteiger partial charge in [-0.25, -0.2) is 4.99 Å². The molecule has 3 aromatic rings. The predicted molar refractivity (Wildman–Crippen MR) is 119 cm³/mol. The van der Waals surface area contributed by atoms with Crippen LogP contribution in [0.1, 0.15) is 50.2 Å². The number of nitrogens with zero attached hydrogens (tertiary/aromatic N) is 5. The Kier molecular flexibility index (Phi) is 8.43. The summed E-state index contributed by atoms with van der Waals surface area (Å²) in [6, 6.07) is 9.63. The van der Waals surface area contributed by atoms with Crippen molar-refractivity contribution in [2.75, 3.05) is 19.7 Å². The fourth-order valence-corrected chi connectivity index (χ4v) is 3.14. The normalized spacial score (nSPS) is 13.7. The molecule has 0 aliphatic carbocycles. The van der Waals surface area contributed by atoms with Crippen molar-refractivity contribution in [3.8, 4) is 0 Å². The average Bonchev–Trinajstić information content (AvgIpc) is 3.46. The summed E-state index contributed by atoms with van der Waals surface area (Å²) in [5, 5.41) is 15.7. The van der Waals surface area contributed by atoms with Crippen molar-refractivity contribution in [1.82, 2.24) is 30.6 Å². The molecular formula is C21H28ClN7O2. The van der Waals surface area contributed by atoms with Gasteiger partial charge in [0.15, 0.2) is 11.8 Å². The van der Waals surface area contributed by atoms with E-state index in [2.05, 4.69) is 30.9 Å². The zero-order chi connectivity index (χ0) is 22.1. The number of aromatic nitrogens is 4. The maximum Gasteiger partial charge on any atom is 0.248 e. The van der Waals surface area contributed by atoms with Crippen LogP contribution in [0.25, 0.3) is 0 Å². The number of hydrogen-bond donors (Lipinski definition) is 2. The first-order valence-corrected chi connectivity index (χ1v) is 10.7. The van der Waals surface area contributed by atoms with Crippen LogP contribution in [0.2, 0.25) is 5.02 Å². The van der Waals surface area contributed by atoms with E-state index in [0.29, 0.717) is 35.8 Å². The van der Waals surface area contributed by atoms with E-state index in [9.17, 15) is 0 Å². The summed E-state index contributed by atoms with van der Waals surface area (Å²) >= 11 is 6.05. The molecule has 10 heteroatoms. The molecule has 0 saturated carbocycles. The first-order valence-electron chi connectivity index (χ1n) is 10.3. The molecule has 0 fully saturated rings. The average molecular weight is 446 g/mol. The zero-order valence-electron chi connectivity index (χ0n) is 18.0. The fraction of sp³-hybridized carbons (Fsp3) is 0.429. The third-order valence-electron chi connectivity index (χ3n) is 4.54. The van der Waals surface area contributed by atoms with Gasteiger partial charge in [0.05, 0.1) is 6.04 Å². The first-order chi connectivity index (χ1) is 15.1. The van der Waals surface area contributed by atoms with Crippen molar-refractivity contribution in [1.29, 1.82) is 0 Å². The van der Waals surface area contributed by atoms with E-state index in [1.807, 2.05) is 62.0 Å². The minimum atomic E-state index is -0.216. The molecule has 9 nitrogen and oxygen atoms in total. The highest BCUT2D eigenvalue weighted by Crippen LogP contribution is 2.19. The lowest BCUT2D eigenvalue weighted by Crippen LogP contribution is -2.40. The second-order valence-corrected chi connectivity index (χ2v) is 7.21. The second kappa shape index (κ2) is 11.5. The van der Waals surface area contributed by atoms with Gasteiger partial charge >= 0.3 is 0 Å². The van der Waals surface area contributed by atoms with Crippen LogP contribution in [-0.2, 0) is 11.3 Å². The van der Waals surface area contributed by atoms with Crippen LogP contribution in [0.15, 0.2) is 52.2 Å². The molecule has 0 spiro atoms. The van der Waals surface area contributed by atoms with Crippen molar-refractivity contribution < 1.29 is 9.26 Å². The van der Waals surface area contributed by atoms with Gasteiger partial charge in [-0.15, -0.1) is 0 Å². The number of ether oxygens (including phenoxy) is 1. The Hall–Kier alpha value is -2.91. The number of nitrogens with one attached hydrogen (secondary N) is 2. The molecule has 166 valence electrons. The van der Waals surface area contributed by atoms with E-state index in [4.69, 9.17) is 20.9 Å². The van der Waals surface area contributed by atoms with Gasteiger partial charge in [0.1, 0.15) is 12.6 Å². The van der Waals surface area contributed by atoms with Crippen LogP contribution in [-0.4, -0.2) is 45.6 Å². The van der Waals surface area contributed by atoms with E-state index in [1.165, 1.54) is 0 Å². The van der Waals surface area contributed by atoms with Gasteiger partial charge in [0.2, 0.25) is 5.89 Å². The van der Waals surface area contributed by atoms with Crippen molar-refractivity contribution in [3.63, 3.8) is 0 Å². The Bertz CT molecular complexity index is 941. The van der Waals surface area contributed by atoms with Crippen LogP contribution < -0.4 is 10.6 Å². The summed E-state index contributed by atoms with van der Waals surface area (Å²) in [5.41, 5.74) is 1.09. The van der Waals surface area contributed by atoms with Crippen LogP contribution in [0.3, 0.4) is 0 Å². The maximum absolute atomic E-state index is 6.05. The molecule has 2 unspecified atom stereocenters. The van der Waals surface area contributed by atoms with E-state index in [1.54, 1.807) is 6.20 Å². The Morgan fingerprint density at radius 2 is 2.06 bits per heavy atom. The third-order valence-corrected chi connectivity index (χ3v) is 4.79. The highest BCUT2D eigenvalue weighted by atomic mass is 35.5. The molecule has 0 radical (unpaired) electrons. The van der Waals surface area contributed by atoms with Gasteiger partial charge in [-0.05, 0) is 44.5 Å². The lowest BCUT2D eigenvalue weighted by molar-refractivity contribution is 0.0683. The van der Waals surface area contributed by atoms with Gasteiger partial charge in [-0.1, -0.05) is 28.9 Å². The lowest BCUT2D eigenvalue weighted by Gasteiger charge is -2.20. The number of halogens is 1. The summed E-state index contributed by atoms with van der Waals surface area (Å²) in [6.45, 7) is 7.96. The van der Waals surface area contributed by atoms with Gasteiger partial charge in [0.25, 0.3) is 0 Å². The summed E-state index contributed by atoms with van der Waals surface area (Å²) in [5.74, 6) is 1.60. The number of aliphatic imine (C=N–C) groups is 1. The minimum Gasteiger partial charge on any atom is -0.371 e. The van der Waals surface area contributed by atoms with Gasteiger partial charge in [-0.3, -0.25) is 4.68 Å². The molecule has 31 heavy (non-hydrogen) atoms. The molecule has 2 atom stereocenters. The predicted octanol–water partition coefficient (Wildman–Crippen LogP) is 3.36. The molecule has 0 saturated heterocycles. The van der Waals surface area contributed by atoms with Crippen molar-refractivity contribution in [3.05, 3.63) is 65.0 Å². The van der Waals surface area contributed by atoms with E-state index in [-0.39, 0.29) is 18.7 Å². The monoisotopic (exact) mass is 445 g/mol. The van der Waals surface area contributed by atoms with Crippen LogP contribution in [0.4, 0.5) is 0 Å². The second-order valence-electron chi connectivity index (χ2n) is 6.77. The number of benzene rings is 1. The van der Waals surface area contributed by atoms with Crippen molar-refractivity contribution in [2.45, 2.75) is 39.5 Å². The SMILES string of the molecule is CCNC(=NCc1nc(C(C)OCC)no1)NCC(c1ccc(Cl)cc1)n1cccn1. The summed E-state index contributed by atoms with van der Waals surface area (Å²) in [7, 11) is 0. The number of hydrogen-bond acceptors (Lipinski definition) is 6. The van der Waals surface area contributed by atoms with Gasteiger partial charge in [0, 0.05) is 37.1 Å². The molecule has 3 rings (SSSR count). The fourth-order valence-electron chi connectivity index (χ4n) is 3.02. The maximum atomic E-state index is 6.05.